The highest BCUT2D eigenvalue weighted by Gasteiger charge is 2.37. The summed E-state index contributed by atoms with van der Waals surface area (Å²) in [6, 6.07) is 4.34. The second-order valence-corrected chi connectivity index (χ2v) is 7.59. The molecule has 27 heavy (non-hydrogen) atoms. The SMILES string of the molecule is CCc1ccc(C2CCCCN2C(=O)NC2CC(N(CC)CC(=O)O)C2)o1. The van der Waals surface area contributed by atoms with Crippen LogP contribution in [0.3, 0.4) is 0 Å². The third kappa shape index (κ3) is 4.64. The number of nitrogens with one attached hydrogen (secondary N) is 1. The predicted molar refractivity (Wildman–Crippen MR) is 102 cm³/mol. The number of hydrogen-bond donors (Lipinski definition) is 2. The van der Waals surface area contributed by atoms with E-state index in [2.05, 4.69) is 12.2 Å². The third-order valence-corrected chi connectivity index (χ3v) is 5.82. The number of carbonyl (C=O) groups excluding carboxylic acids is 1. The summed E-state index contributed by atoms with van der Waals surface area (Å²) in [4.78, 5) is 27.7. The monoisotopic (exact) mass is 377 g/mol. The summed E-state index contributed by atoms with van der Waals surface area (Å²) in [6.07, 6.45) is 5.52. The Kier molecular flexibility index (Phi) is 6.42. The van der Waals surface area contributed by atoms with Crippen molar-refractivity contribution in [1.82, 2.24) is 15.1 Å². The Morgan fingerprint density at radius 2 is 2.07 bits per heavy atom. The van der Waals surface area contributed by atoms with Gasteiger partial charge in [0.25, 0.3) is 0 Å². The second kappa shape index (κ2) is 8.78. The lowest BCUT2D eigenvalue weighted by atomic mass is 9.85. The normalized spacial score (nSPS) is 25.3. The van der Waals surface area contributed by atoms with Gasteiger partial charge in [-0.2, -0.15) is 0 Å². The first-order chi connectivity index (χ1) is 13.0. The van der Waals surface area contributed by atoms with Gasteiger partial charge in [0, 0.05) is 25.0 Å². The van der Waals surface area contributed by atoms with E-state index in [1.54, 1.807) is 0 Å². The van der Waals surface area contributed by atoms with E-state index >= 15 is 0 Å². The van der Waals surface area contributed by atoms with Gasteiger partial charge in [0.05, 0.1) is 12.6 Å². The summed E-state index contributed by atoms with van der Waals surface area (Å²) in [5.41, 5.74) is 0. The molecule has 1 aromatic rings. The average molecular weight is 377 g/mol. The van der Waals surface area contributed by atoms with Gasteiger partial charge in [0.2, 0.25) is 0 Å². The number of aliphatic carboxylic acids is 1. The Labute approximate surface area is 160 Å². The highest BCUT2D eigenvalue weighted by molar-refractivity contribution is 5.75. The van der Waals surface area contributed by atoms with Crippen LogP contribution in [-0.2, 0) is 11.2 Å². The maximum absolute atomic E-state index is 12.9. The van der Waals surface area contributed by atoms with Crippen molar-refractivity contribution in [2.75, 3.05) is 19.6 Å². The maximum Gasteiger partial charge on any atom is 0.318 e. The standard InChI is InChI=1S/C20H31N3O4/c1-3-16-8-9-18(27-16)17-7-5-6-10-23(17)20(26)21-14-11-15(12-14)22(4-2)13-19(24)25/h8-9,14-15,17H,3-7,10-13H2,1-2H3,(H,21,26)(H,24,25). The van der Waals surface area contributed by atoms with Crippen molar-refractivity contribution in [2.24, 2.45) is 0 Å². The van der Waals surface area contributed by atoms with Crippen LogP contribution in [-0.4, -0.2) is 58.6 Å². The van der Waals surface area contributed by atoms with Crippen LogP contribution in [0.4, 0.5) is 4.79 Å². The zero-order valence-corrected chi connectivity index (χ0v) is 16.3. The molecule has 0 bridgehead atoms. The number of carbonyl (C=O) groups is 2. The largest absolute Gasteiger partial charge is 0.480 e. The third-order valence-electron chi connectivity index (χ3n) is 5.82. The molecule has 0 aromatic carbocycles. The van der Waals surface area contributed by atoms with Crippen molar-refractivity contribution >= 4 is 12.0 Å². The molecule has 0 spiro atoms. The van der Waals surface area contributed by atoms with E-state index in [1.807, 2.05) is 28.9 Å². The fourth-order valence-electron chi connectivity index (χ4n) is 4.17. The van der Waals surface area contributed by atoms with Gasteiger partial charge in [-0.15, -0.1) is 0 Å². The van der Waals surface area contributed by atoms with Crippen LogP contribution < -0.4 is 5.32 Å². The first-order valence-corrected chi connectivity index (χ1v) is 10.1. The van der Waals surface area contributed by atoms with Crippen LogP contribution in [0.1, 0.15) is 63.5 Å². The maximum atomic E-state index is 12.9. The van der Waals surface area contributed by atoms with Gasteiger partial charge in [0.1, 0.15) is 11.5 Å². The smallest absolute Gasteiger partial charge is 0.318 e. The Hall–Kier alpha value is -2.02. The fraction of sp³-hybridized carbons (Fsp3) is 0.700. The van der Waals surface area contributed by atoms with E-state index < -0.39 is 5.97 Å². The molecule has 2 aliphatic rings. The van der Waals surface area contributed by atoms with Crippen LogP contribution in [0.15, 0.2) is 16.5 Å². The molecule has 7 heteroatoms. The zero-order valence-electron chi connectivity index (χ0n) is 16.3. The molecule has 0 radical (unpaired) electrons. The molecule has 2 amide bonds. The number of furan rings is 1. The first kappa shape index (κ1) is 19.7. The van der Waals surface area contributed by atoms with Crippen LogP contribution in [0.25, 0.3) is 0 Å². The van der Waals surface area contributed by atoms with Crippen LogP contribution in [0, 0.1) is 0 Å². The van der Waals surface area contributed by atoms with Crippen molar-refractivity contribution in [3.05, 3.63) is 23.7 Å². The molecule has 1 aliphatic carbocycles. The van der Waals surface area contributed by atoms with Gasteiger partial charge in [-0.05, 0) is 50.8 Å². The van der Waals surface area contributed by atoms with Gasteiger partial charge in [-0.1, -0.05) is 13.8 Å². The Morgan fingerprint density at radius 3 is 2.70 bits per heavy atom. The van der Waals surface area contributed by atoms with Gasteiger partial charge >= 0.3 is 12.0 Å². The molecule has 1 saturated carbocycles. The highest BCUT2D eigenvalue weighted by Crippen LogP contribution is 2.33. The number of likely N-dealkylation sites (tertiary alicyclic amines) is 1. The number of carboxylic acid groups (broad SMARTS) is 1. The number of nitrogens with zero attached hydrogens (tertiary/aromatic N) is 2. The summed E-state index contributed by atoms with van der Waals surface area (Å²) < 4.78 is 5.91. The van der Waals surface area contributed by atoms with E-state index in [0.29, 0.717) is 6.54 Å². The molecule has 1 atom stereocenters. The molecule has 2 fully saturated rings. The number of carboxylic acids is 1. The lowest BCUT2D eigenvalue weighted by Crippen LogP contribution is -2.57. The zero-order chi connectivity index (χ0) is 19.4. The average Bonchev–Trinajstić information content (AvgIpc) is 3.11. The molecule has 1 aromatic heterocycles. The summed E-state index contributed by atoms with van der Waals surface area (Å²) in [5, 5.41) is 12.1. The summed E-state index contributed by atoms with van der Waals surface area (Å²) >= 11 is 0. The quantitative estimate of drug-likeness (QED) is 0.763. The number of piperidine rings is 1. The minimum absolute atomic E-state index is 0.00840. The van der Waals surface area contributed by atoms with Crippen LogP contribution >= 0.6 is 0 Å². The highest BCUT2D eigenvalue weighted by atomic mass is 16.4. The minimum atomic E-state index is -0.801. The summed E-state index contributed by atoms with van der Waals surface area (Å²) in [5.74, 6) is 1.04. The molecule has 1 unspecified atom stereocenters. The Balaban J connectivity index is 1.54. The molecule has 2 heterocycles. The Morgan fingerprint density at radius 1 is 1.30 bits per heavy atom. The Bertz CT molecular complexity index is 653. The molecule has 1 saturated heterocycles. The number of urea groups is 1. The van der Waals surface area contributed by atoms with Crippen LogP contribution in [0.5, 0.6) is 0 Å². The molecule has 150 valence electrons. The molecule has 2 N–H and O–H groups in total. The lowest BCUT2D eigenvalue weighted by molar-refractivity contribution is -0.139. The number of aryl methyl sites for hydroxylation is 1. The van der Waals surface area contributed by atoms with Crippen molar-refractivity contribution in [3.63, 3.8) is 0 Å². The van der Waals surface area contributed by atoms with Gasteiger partial charge in [0.15, 0.2) is 0 Å². The second-order valence-electron chi connectivity index (χ2n) is 7.59. The van der Waals surface area contributed by atoms with E-state index in [-0.39, 0.29) is 30.7 Å². The first-order valence-electron chi connectivity index (χ1n) is 10.1. The van der Waals surface area contributed by atoms with E-state index in [1.165, 1.54) is 0 Å². The van der Waals surface area contributed by atoms with Crippen LogP contribution in [0.2, 0.25) is 0 Å². The number of likely N-dealkylation sites (N-methyl/N-ethyl adjacent to an activating group) is 1. The molecular weight excluding hydrogens is 346 g/mol. The minimum Gasteiger partial charge on any atom is -0.480 e. The van der Waals surface area contributed by atoms with E-state index in [0.717, 1.165) is 56.6 Å². The van der Waals surface area contributed by atoms with Crippen molar-refractivity contribution in [1.29, 1.82) is 0 Å². The van der Waals surface area contributed by atoms with E-state index in [4.69, 9.17) is 9.52 Å². The topological polar surface area (TPSA) is 86.0 Å². The van der Waals surface area contributed by atoms with Crippen molar-refractivity contribution in [2.45, 2.75) is 70.5 Å². The van der Waals surface area contributed by atoms with E-state index in [9.17, 15) is 9.59 Å². The number of hydrogen-bond acceptors (Lipinski definition) is 4. The van der Waals surface area contributed by atoms with Crippen molar-refractivity contribution in [3.8, 4) is 0 Å². The van der Waals surface area contributed by atoms with Gasteiger partial charge < -0.3 is 19.7 Å². The fourth-order valence-corrected chi connectivity index (χ4v) is 4.17. The predicted octanol–water partition coefficient (Wildman–Crippen LogP) is 3.02. The molecule has 1 aliphatic heterocycles. The number of rotatable bonds is 7. The van der Waals surface area contributed by atoms with Crippen molar-refractivity contribution < 1.29 is 19.1 Å². The summed E-state index contributed by atoms with van der Waals surface area (Å²) in [7, 11) is 0. The molecule has 7 nitrogen and oxygen atoms in total. The van der Waals surface area contributed by atoms with Gasteiger partial charge in [-0.25, -0.2) is 4.79 Å². The molecule has 3 rings (SSSR count). The van der Waals surface area contributed by atoms with Gasteiger partial charge in [-0.3, -0.25) is 9.69 Å². The molecular formula is C20H31N3O4. The number of amides is 2. The summed E-state index contributed by atoms with van der Waals surface area (Å²) in [6.45, 7) is 5.55. The lowest BCUT2D eigenvalue weighted by Gasteiger charge is -2.43.